The number of ether oxygens (including phenoxy) is 2. The van der Waals surface area contributed by atoms with E-state index in [1.165, 1.54) is 25.7 Å². The van der Waals surface area contributed by atoms with E-state index in [0.29, 0.717) is 12.2 Å². The lowest BCUT2D eigenvalue weighted by molar-refractivity contribution is 0.0247. The molecular weight excluding hydrogens is 152 g/mol. The average molecular weight is 170 g/mol. The lowest BCUT2D eigenvalue weighted by atomic mass is 10.1. The largest absolute Gasteiger partial charge is 0.375 e. The topological polar surface area (TPSA) is 21.8 Å². The Morgan fingerprint density at radius 3 is 2.67 bits per heavy atom. The van der Waals surface area contributed by atoms with E-state index in [2.05, 4.69) is 6.92 Å². The highest BCUT2D eigenvalue weighted by Gasteiger charge is 2.30. The van der Waals surface area contributed by atoms with E-state index in [9.17, 15) is 0 Å². The molecule has 0 aromatic heterocycles. The summed E-state index contributed by atoms with van der Waals surface area (Å²) in [7, 11) is 0. The van der Waals surface area contributed by atoms with Crippen LogP contribution >= 0.6 is 0 Å². The molecule has 0 unspecified atom stereocenters. The smallest absolute Gasteiger partial charge is 0.107 e. The minimum atomic E-state index is 0.325. The first-order valence-corrected chi connectivity index (χ1v) is 5.09. The molecule has 0 spiro atoms. The van der Waals surface area contributed by atoms with Crippen molar-refractivity contribution in [3.63, 3.8) is 0 Å². The molecule has 70 valence electrons. The van der Waals surface area contributed by atoms with Gasteiger partial charge in [0.05, 0.1) is 12.7 Å². The molecule has 1 heterocycles. The molecule has 12 heavy (non-hydrogen) atoms. The molecule has 0 amide bonds. The van der Waals surface area contributed by atoms with Gasteiger partial charge in [0, 0.05) is 6.61 Å². The van der Waals surface area contributed by atoms with Gasteiger partial charge in [-0.15, -0.1) is 0 Å². The van der Waals surface area contributed by atoms with E-state index < -0.39 is 0 Å². The lowest BCUT2D eigenvalue weighted by Gasteiger charge is -2.14. The van der Waals surface area contributed by atoms with Crippen molar-refractivity contribution in [3.8, 4) is 0 Å². The van der Waals surface area contributed by atoms with E-state index in [-0.39, 0.29) is 0 Å². The molecule has 1 aliphatic heterocycles. The molecule has 2 aliphatic rings. The molecule has 2 rings (SSSR count). The summed E-state index contributed by atoms with van der Waals surface area (Å²) in [6, 6.07) is 0. The van der Waals surface area contributed by atoms with Crippen molar-refractivity contribution in [2.45, 2.75) is 44.8 Å². The first-order valence-electron chi connectivity index (χ1n) is 5.09. The molecule has 2 fully saturated rings. The molecule has 0 aromatic rings. The van der Waals surface area contributed by atoms with Crippen LogP contribution in [0.3, 0.4) is 0 Å². The second-order valence-corrected chi connectivity index (χ2v) is 4.06. The van der Waals surface area contributed by atoms with Crippen molar-refractivity contribution in [2.24, 2.45) is 5.92 Å². The zero-order valence-corrected chi connectivity index (χ0v) is 7.79. The first kappa shape index (κ1) is 8.52. The van der Waals surface area contributed by atoms with E-state index in [1.807, 2.05) is 0 Å². The van der Waals surface area contributed by atoms with Crippen LogP contribution in [0.25, 0.3) is 0 Å². The quantitative estimate of drug-likeness (QED) is 0.602. The normalized spacial score (nSPS) is 32.2. The van der Waals surface area contributed by atoms with Crippen molar-refractivity contribution in [3.05, 3.63) is 0 Å². The molecule has 0 N–H and O–H groups in total. The zero-order valence-electron chi connectivity index (χ0n) is 7.79. The summed E-state index contributed by atoms with van der Waals surface area (Å²) in [4.78, 5) is 0. The van der Waals surface area contributed by atoms with Crippen molar-refractivity contribution in [1.29, 1.82) is 0 Å². The number of epoxide rings is 1. The van der Waals surface area contributed by atoms with Crippen molar-refractivity contribution < 1.29 is 9.47 Å². The molecule has 0 radical (unpaired) electrons. The molecular formula is C10H18O2. The maximum atomic E-state index is 5.72. The van der Waals surface area contributed by atoms with Gasteiger partial charge in [0.2, 0.25) is 0 Å². The summed E-state index contributed by atoms with van der Waals surface area (Å²) in [6.07, 6.45) is 6.29. The van der Waals surface area contributed by atoms with E-state index >= 15 is 0 Å². The Morgan fingerprint density at radius 1 is 1.42 bits per heavy atom. The minimum absolute atomic E-state index is 0.325. The SMILES string of the molecule is C[C@@H](OCC1CCCC1)[C@H]1CO1. The van der Waals surface area contributed by atoms with Crippen LogP contribution in [-0.2, 0) is 9.47 Å². The maximum Gasteiger partial charge on any atom is 0.107 e. The lowest BCUT2D eigenvalue weighted by Crippen LogP contribution is -2.19. The van der Waals surface area contributed by atoms with Crippen molar-refractivity contribution in [1.82, 2.24) is 0 Å². The van der Waals surface area contributed by atoms with Crippen LogP contribution in [0.5, 0.6) is 0 Å². The molecule has 2 nitrogen and oxygen atoms in total. The van der Waals surface area contributed by atoms with Gasteiger partial charge < -0.3 is 9.47 Å². The van der Waals surface area contributed by atoms with Crippen LogP contribution < -0.4 is 0 Å². The number of rotatable bonds is 4. The Balaban J connectivity index is 1.60. The Bertz CT molecular complexity index is 135. The minimum Gasteiger partial charge on any atom is -0.375 e. The number of hydrogen-bond acceptors (Lipinski definition) is 2. The van der Waals surface area contributed by atoms with E-state index in [0.717, 1.165) is 19.1 Å². The summed E-state index contributed by atoms with van der Waals surface area (Å²) in [5.74, 6) is 0.839. The fourth-order valence-electron chi connectivity index (χ4n) is 1.90. The van der Waals surface area contributed by atoms with Crippen LogP contribution in [0, 0.1) is 5.92 Å². The van der Waals surface area contributed by atoms with Crippen LogP contribution in [-0.4, -0.2) is 25.4 Å². The summed E-state index contributed by atoms with van der Waals surface area (Å²) in [5.41, 5.74) is 0. The fourth-order valence-corrected chi connectivity index (χ4v) is 1.90. The summed E-state index contributed by atoms with van der Waals surface area (Å²) >= 11 is 0. The van der Waals surface area contributed by atoms with Gasteiger partial charge in [0.25, 0.3) is 0 Å². The molecule has 2 atom stereocenters. The molecule has 0 aromatic carbocycles. The molecule has 1 saturated heterocycles. The van der Waals surface area contributed by atoms with Gasteiger partial charge in [0.1, 0.15) is 6.10 Å². The second kappa shape index (κ2) is 3.75. The van der Waals surface area contributed by atoms with Crippen molar-refractivity contribution >= 4 is 0 Å². The standard InChI is InChI=1S/C10H18O2/c1-8(10-7-12-10)11-6-9-4-2-3-5-9/h8-10H,2-7H2,1H3/t8-,10-/m1/s1. The van der Waals surface area contributed by atoms with E-state index in [4.69, 9.17) is 9.47 Å². The van der Waals surface area contributed by atoms with Gasteiger partial charge in [-0.25, -0.2) is 0 Å². The molecule has 2 heteroatoms. The second-order valence-electron chi connectivity index (χ2n) is 4.06. The van der Waals surface area contributed by atoms with Gasteiger partial charge in [-0.1, -0.05) is 12.8 Å². The fraction of sp³-hybridized carbons (Fsp3) is 1.00. The summed E-state index contributed by atoms with van der Waals surface area (Å²) in [6.45, 7) is 3.99. The zero-order chi connectivity index (χ0) is 8.39. The Hall–Kier alpha value is -0.0800. The summed E-state index contributed by atoms with van der Waals surface area (Å²) < 4.78 is 10.9. The van der Waals surface area contributed by atoms with Gasteiger partial charge >= 0.3 is 0 Å². The third-order valence-corrected chi connectivity index (χ3v) is 2.95. The molecule has 1 aliphatic carbocycles. The predicted molar refractivity (Wildman–Crippen MR) is 47.1 cm³/mol. The molecule has 0 bridgehead atoms. The Kier molecular flexibility index (Phi) is 2.66. The van der Waals surface area contributed by atoms with Crippen molar-refractivity contribution in [2.75, 3.05) is 13.2 Å². The first-order chi connectivity index (χ1) is 5.86. The van der Waals surface area contributed by atoms with Gasteiger partial charge in [0.15, 0.2) is 0 Å². The Labute approximate surface area is 74.2 Å². The van der Waals surface area contributed by atoms with Crippen LogP contribution in [0.4, 0.5) is 0 Å². The third kappa shape index (κ3) is 2.20. The summed E-state index contributed by atoms with van der Waals surface area (Å²) in [5, 5.41) is 0. The van der Waals surface area contributed by atoms with Crippen LogP contribution in [0.15, 0.2) is 0 Å². The van der Waals surface area contributed by atoms with E-state index in [1.54, 1.807) is 0 Å². The predicted octanol–water partition coefficient (Wildman–Crippen LogP) is 1.98. The van der Waals surface area contributed by atoms with Gasteiger partial charge in [-0.3, -0.25) is 0 Å². The average Bonchev–Trinajstić information content (AvgIpc) is 2.80. The Morgan fingerprint density at radius 2 is 2.08 bits per heavy atom. The monoisotopic (exact) mass is 170 g/mol. The van der Waals surface area contributed by atoms with Crippen LogP contribution in [0.1, 0.15) is 32.6 Å². The van der Waals surface area contributed by atoms with Crippen LogP contribution in [0.2, 0.25) is 0 Å². The highest BCUT2D eigenvalue weighted by molar-refractivity contribution is 4.77. The number of hydrogen-bond donors (Lipinski definition) is 0. The third-order valence-electron chi connectivity index (χ3n) is 2.95. The molecule has 1 saturated carbocycles. The highest BCUT2D eigenvalue weighted by atomic mass is 16.6. The highest BCUT2D eigenvalue weighted by Crippen LogP contribution is 2.26. The van der Waals surface area contributed by atoms with Gasteiger partial charge in [-0.2, -0.15) is 0 Å². The van der Waals surface area contributed by atoms with Gasteiger partial charge in [-0.05, 0) is 25.7 Å². The maximum absolute atomic E-state index is 5.72.